The number of nitrogens with zero attached hydrogens (tertiary/aromatic N) is 2. The van der Waals surface area contributed by atoms with E-state index in [0.29, 0.717) is 0 Å². The molecule has 3 aromatic rings. The molecule has 1 aliphatic heterocycles. The van der Waals surface area contributed by atoms with Gasteiger partial charge in [-0.3, -0.25) is 4.79 Å². The largest absolute Gasteiger partial charge is 0.339 e. The minimum absolute atomic E-state index is 0.142. The summed E-state index contributed by atoms with van der Waals surface area (Å²) in [4.78, 5) is 20.3. The summed E-state index contributed by atoms with van der Waals surface area (Å²) in [5.74, 6) is 0.142. The Hall–Kier alpha value is -2.68. The van der Waals surface area contributed by atoms with Crippen molar-refractivity contribution in [3.8, 4) is 11.3 Å². The molecule has 1 aliphatic rings. The second kappa shape index (κ2) is 7.51. The van der Waals surface area contributed by atoms with Gasteiger partial charge in [0, 0.05) is 24.0 Å². The maximum atomic E-state index is 13.4. The van der Waals surface area contributed by atoms with Gasteiger partial charge in [0.1, 0.15) is 0 Å². The van der Waals surface area contributed by atoms with Crippen LogP contribution in [0.4, 0.5) is 0 Å². The number of hydrogen-bond acceptors (Lipinski definition) is 2. The Labute approximate surface area is 161 Å². The van der Waals surface area contributed by atoms with E-state index in [4.69, 9.17) is 4.98 Å². The first-order valence-corrected chi connectivity index (χ1v) is 9.89. The minimum atomic E-state index is 0.142. The van der Waals surface area contributed by atoms with Crippen LogP contribution < -0.4 is 0 Å². The maximum Gasteiger partial charge on any atom is 0.254 e. The molecule has 0 unspecified atom stereocenters. The molecule has 0 N–H and O–H groups in total. The van der Waals surface area contributed by atoms with E-state index in [9.17, 15) is 4.79 Å². The molecule has 2 heterocycles. The van der Waals surface area contributed by atoms with Crippen LogP contribution in [0.5, 0.6) is 0 Å². The molecule has 3 heteroatoms. The average molecular weight is 358 g/mol. The second-order valence-electron chi connectivity index (χ2n) is 7.65. The third-order valence-electron chi connectivity index (χ3n) is 5.44. The number of pyridine rings is 1. The zero-order valence-corrected chi connectivity index (χ0v) is 16.2. The molecule has 0 radical (unpaired) electrons. The number of carbonyl (C=O) groups is 1. The van der Waals surface area contributed by atoms with Crippen molar-refractivity contribution in [3.63, 3.8) is 0 Å². The molecule has 4 rings (SSSR count). The van der Waals surface area contributed by atoms with Gasteiger partial charge in [-0.2, -0.15) is 0 Å². The summed E-state index contributed by atoms with van der Waals surface area (Å²) in [6, 6.07) is 16.5. The number of aromatic nitrogens is 1. The number of carbonyl (C=O) groups excluding carboxylic acids is 1. The first-order chi connectivity index (χ1) is 13.1. The highest BCUT2D eigenvalue weighted by Gasteiger charge is 2.21. The molecule has 1 saturated heterocycles. The zero-order chi connectivity index (χ0) is 18.8. The number of rotatable bonds is 2. The van der Waals surface area contributed by atoms with Crippen molar-refractivity contribution in [3.05, 3.63) is 65.2 Å². The lowest BCUT2D eigenvalue weighted by molar-refractivity contribution is 0.0763. The number of aryl methyl sites for hydroxylation is 2. The Kier molecular flexibility index (Phi) is 4.93. The van der Waals surface area contributed by atoms with Crippen LogP contribution in [0.25, 0.3) is 22.2 Å². The van der Waals surface area contributed by atoms with Gasteiger partial charge in [-0.25, -0.2) is 4.98 Å². The van der Waals surface area contributed by atoms with Gasteiger partial charge in [-0.1, -0.05) is 54.3 Å². The lowest BCUT2D eigenvalue weighted by Crippen LogP contribution is -2.32. The van der Waals surface area contributed by atoms with Gasteiger partial charge >= 0.3 is 0 Å². The summed E-state index contributed by atoms with van der Waals surface area (Å²) in [6.45, 7) is 5.85. The highest BCUT2D eigenvalue weighted by molar-refractivity contribution is 6.07. The standard InChI is InChI=1S/C24H26N2O/c1-17-7-10-19(11-8-17)23-16-21(20-15-18(2)9-12-22(20)25-23)24(27)26-13-5-3-4-6-14-26/h7-12,15-16H,3-6,13-14H2,1-2H3. The van der Waals surface area contributed by atoms with E-state index >= 15 is 0 Å². The van der Waals surface area contributed by atoms with Gasteiger partial charge in [0.05, 0.1) is 16.8 Å². The smallest absolute Gasteiger partial charge is 0.254 e. The SMILES string of the molecule is Cc1ccc(-c2cc(C(=O)N3CCCCCC3)c3cc(C)ccc3n2)cc1. The molecule has 3 nitrogen and oxygen atoms in total. The van der Waals surface area contributed by atoms with Crippen molar-refractivity contribution >= 4 is 16.8 Å². The summed E-state index contributed by atoms with van der Waals surface area (Å²) in [5, 5.41) is 0.958. The Morgan fingerprint density at radius 3 is 2.22 bits per heavy atom. The molecule has 27 heavy (non-hydrogen) atoms. The van der Waals surface area contributed by atoms with Crippen LogP contribution in [-0.2, 0) is 0 Å². The summed E-state index contributed by atoms with van der Waals surface area (Å²) < 4.78 is 0. The van der Waals surface area contributed by atoms with E-state index < -0.39 is 0 Å². The van der Waals surface area contributed by atoms with Crippen LogP contribution >= 0.6 is 0 Å². The van der Waals surface area contributed by atoms with Crippen LogP contribution in [0.1, 0.15) is 47.2 Å². The lowest BCUT2D eigenvalue weighted by Gasteiger charge is -2.21. The van der Waals surface area contributed by atoms with Gasteiger partial charge in [-0.05, 0) is 44.9 Å². The summed E-state index contributed by atoms with van der Waals surface area (Å²) in [5.41, 5.74) is 5.95. The first-order valence-electron chi connectivity index (χ1n) is 9.89. The van der Waals surface area contributed by atoms with E-state index in [1.54, 1.807) is 0 Å². The molecule has 0 bridgehead atoms. The van der Waals surface area contributed by atoms with Crippen molar-refractivity contribution in [2.45, 2.75) is 39.5 Å². The second-order valence-corrected chi connectivity index (χ2v) is 7.65. The van der Waals surface area contributed by atoms with E-state index in [1.807, 2.05) is 17.0 Å². The van der Waals surface area contributed by atoms with Crippen LogP contribution in [0.2, 0.25) is 0 Å². The van der Waals surface area contributed by atoms with Crippen molar-refractivity contribution in [1.29, 1.82) is 0 Å². The van der Waals surface area contributed by atoms with Gasteiger partial charge in [0.25, 0.3) is 5.91 Å². The molecule has 1 amide bonds. The number of hydrogen-bond donors (Lipinski definition) is 0. The van der Waals surface area contributed by atoms with Gasteiger partial charge in [-0.15, -0.1) is 0 Å². The van der Waals surface area contributed by atoms with Crippen LogP contribution in [0.3, 0.4) is 0 Å². The highest BCUT2D eigenvalue weighted by atomic mass is 16.2. The van der Waals surface area contributed by atoms with Crippen molar-refractivity contribution < 1.29 is 4.79 Å². The Bertz CT molecular complexity index is 968. The van der Waals surface area contributed by atoms with E-state index in [1.165, 1.54) is 18.4 Å². The number of amides is 1. The fourth-order valence-electron chi connectivity index (χ4n) is 3.83. The van der Waals surface area contributed by atoms with Gasteiger partial charge < -0.3 is 4.90 Å². The molecule has 0 spiro atoms. The molecule has 0 atom stereocenters. The van der Waals surface area contributed by atoms with Crippen LogP contribution in [0.15, 0.2) is 48.5 Å². The highest BCUT2D eigenvalue weighted by Crippen LogP contribution is 2.27. The van der Waals surface area contributed by atoms with Gasteiger partial charge in [0.2, 0.25) is 0 Å². The summed E-state index contributed by atoms with van der Waals surface area (Å²) in [7, 11) is 0. The third-order valence-corrected chi connectivity index (χ3v) is 5.44. The lowest BCUT2D eigenvalue weighted by atomic mass is 10.0. The summed E-state index contributed by atoms with van der Waals surface area (Å²) in [6.07, 6.45) is 4.63. The third kappa shape index (κ3) is 3.73. The molecule has 2 aromatic carbocycles. The Morgan fingerprint density at radius 2 is 1.52 bits per heavy atom. The monoisotopic (exact) mass is 358 g/mol. The molecular formula is C24H26N2O. The quantitative estimate of drug-likeness (QED) is 0.603. The number of likely N-dealkylation sites (tertiary alicyclic amines) is 1. The molecular weight excluding hydrogens is 332 g/mol. The molecule has 138 valence electrons. The molecule has 0 aliphatic carbocycles. The van der Waals surface area contributed by atoms with Crippen LogP contribution in [-0.4, -0.2) is 28.9 Å². The number of fused-ring (bicyclic) bond motifs is 1. The first kappa shape index (κ1) is 17.7. The average Bonchev–Trinajstić information content (AvgIpc) is 2.97. The van der Waals surface area contributed by atoms with E-state index in [2.05, 4.69) is 50.2 Å². The van der Waals surface area contributed by atoms with Crippen molar-refractivity contribution in [2.75, 3.05) is 13.1 Å². The van der Waals surface area contributed by atoms with Crippen LogP contribution in [0, 0.1) is 13.8 Å². The topological polar surface area (TPSA) is 33.2 Å². The zero-order valence-electron chi connectivity index (χ0n) is 16.2. The predicted octanol–water partition coefficient (Wildman–Crippen LogP) is 5.53. The van der Waals surface area contributed by atoms with Crippen molar-refractivity contribution in [1.82, 2.24) is 9.88 Å². The van der Waals surface area contributed by atoms with Gasteiger partial charge in [0.15, 0.2) is 0 Å². The molecule has 1 aromatic heterocycles. The minimum Gasteiger partial charge on any atom is -0.339 e. The predicted molar refractivity (Wildman–Crippen MR) is 111 cm³/mol. The van der Waals surface area contributed by atoms with Crippen molar-refractivity contribution in [2.24, 2.45) is 0 Å². The van der Waals surface area contributed by atoms with E-state index in [-0.39, 0.29) is 5.91 Å². The molecule has 0 saturated carbocycles. The Morgan fingerprint density at radius 1 is 0.852 bits per heavy atom. The fraction of sp³-hybridized carbons (Fsp3) is 0.333. The summed E-state index contributed by atoms with van der Waals surface area (Å²) >= 11 is 0. The number of benzene rings is 2. The fourth-order valence-corrected chi connectivity index (χ4v) is 3.83. The Balaban J connectivity index is 1.84. The molecule has 1 fully saturated rings. The maximum absolute atomic E-state index is 13.4. The normalized spacial score (nSPS) is 15.0. The van der Waals surface area contributed by atoms with E-state index in [0.717, 1.165) is 59.2 Å².